The van der Waals surface area contributed by atoms with Crippen molar-refractivity contribution in [2.24, 2.45) is 0 Å². The Morgan fingerprint density at radius 2 is 1.72 bits per heavy atom. The van der Waals surface area contributed by atoms with E-state index in [4.69, 9.17) is 0 Å². The van der Waals surface area contributed by atoms with Gasteiger partial charge in [-0.15, -0.1) is 0 Å². The summed E-state index contributed by atoms with van der Waals surface area (Å²) in [6.07, 6.45) is 3.84. The summed E-state index contributed by atoms with van der Waals surface area (Å²) in [6, 6.07) is 17.7. The van der Waals surface area contributed by atoms with Crippen molar-refractivity contribution in [2.45, 2.75) is 20.4 Å². The van der Waals surface area contributed by atoms with Crippen molar-refractivity contribution in [1.82, 2.24) is 14.3 Å². The molecule has 0 fully saturated rings. The number of ketones is 1. The highest BCUT2D eigenvalue weighted by Crippen LogP contribution is 2.32. The molecule has 0 spiro atoms. The van der Waals surface area contributed by atoms with E-state index < -0.39 is 0 Å². The quantitative estimate of drug-likeness (QED) is 0.446. The standard InChI is InChI=1S/C26H26N4O2/c1-17(31)19-9-11-20(12-10-19)25-14-27-26-24(28-18(2)32)13-22(16-30(25)26)23-8-6-5-7-21(23)15-29(3)4/h5-14,16H,15H2,1-4H3,(H,28,32). The van der Waals surface area contributed by atoms with Crippen molar-refractivity contribution < 1.29 is 9.59 Å². The molecule has 1 N–H and O–H groups in total. The fourth-order valence-electron chi connectivity index (χ4n) is 3.89. The number of Topliss-reactive ketones (excluding diaryl/α,β-unsaturated/α-hetero) is 1. The fourth-order valence-corrected chi connectivity index (χ4v) is 3.89. The maximum absolute atomic E-state index is 11.9. The second-order valence-corrected chi connectivity index (χ2v) is 8.19. The summed E-state index contributed by atoms with van der Waals surface area (Å²) in [5.41, 5.74) is 7.09. The molecular weight excluding hydrogens is 400 g/mol. The molecule has 0 saturated heterocycles. The predicted octanol–water partition coefficient (Wildman–Crippen LogP) is 4.89. The number of benzene rings is 2. The van der Waals surface area contributed by atoms with E-state index in [1.54, 1.807) is 13.1 Å². The van der Waals surface area contributed by atoms with E-state index in [2.05, 4.69) is 33.5 Å². The summed E-state index contributed by atoms with van der Waals surface area (Å²) in [5.74, 6) is -0.122. The molecule has 0 unspecified atom stereocenters. The summed E-state index contributed by atoms with van der Waals surface area (Å²) >= 11 is 0. The number of hydrogen-bond donors (Lipinski definition) is 1. The molecule has 2 aromatic carbocycles. The van der Waals surface area contributed by atoms with Crippen molar-refractivity contribution in [3.63, 3.8) is 0 Å². The van der Waals surface area contributed by atoms with E-state index in [0.29, 0.717) is 16.9 Å². The largest absolute Gasteiger partial charge is 0.323 e. The highest BCUT2D eigenvalue weighted by atomic mass is 16.1. The van der Waals surface area contributed by atoms with Crippen LogP contribution in [0, 0.1) is 0 Å². The van der Waals surface area contributed by atoms with Gasteiger partial charge in [0.25, 0.3) is 0 Å². The van der Waals surface area contributed by atoms with Crippen LogP contribution in [0.4, 0.5) is 5.69 Å². The van der Waals surface area contributed by atoms with Gasteiger partial charge < -0.3 is 10.2 Å². The Bertz CT molecular complexity index is 1300. The lowest BCUT2D eigenvalue weighted by Crippen LogP contribution is -2.12. The normalized spacial score (nSPS) is 11.2. The topological polar surface area (TPSA) is 66.7 Å². The van der Waals surface area contributed by atoms with Gasteiger partial charge in [-0.3, -0.25) is 14.0 Å². The second kappa shape index (κ2) is 8.77. The zero-order chi connectivity index (χ0) is 22.8. The molecule has 4 rings (SSSR count). The van der Waals surface area contributed by atoms with Crippen LogP contribution in [-0.4, -0.2) is 40.1 Å². The number of hydrogen-bond acceptors (Lipinski definition) is 4. The minimum Gasteiger partial charge on any atom is -0.323 e. The first kappa shape index (κ1) is 21.5. The SMILES string of the molecule is CC(=O)Nc1cc(-c2ccccc2CN(C)C)cn2c(-c3ccc(C(C)=O)cc3)cnc12. The third-order valence-electron chi connectivity index (χ3n) is 5.32. The first-order valence-corrected chi connectivity index (χ1v) is 10.5. The number of imidazole rings is 1. The molecule has 6 nitrogen and oxygen atoms in total. The zero-order valence-electron chi connectivity index (χ0n) is 18.7. The number of amides is 1. The van der Waals surface area contributed by atoms with Crippen molar-refractivity contribution in [2.75, 3.05) is 19.4 Å². The number of aromatic nitrogens is 2. The van der Waals surface area contributed by atoms with E-state index in [1.807, 2.05) is 61.0 Å². The number of carbonyl (C=O) groups excluding carboxylic acids is 2. The summed E-state index contributed by atoms with van der Waals surface area (Å²) < 4.78 is 2.00. The number of pyridine rings is 1. The summed E-state index contributed by atoms with van der Waals surface area (Å²) in [4.78, 5) is 30.3. The van der Waals surface area contributed by atoms with Crippen molar-refractivity contribution >= 4 is 23.0 Å². The molecule has 162 valence electrons. The van der Waals surface area contributed by atoms with Crippen molar-refractivity contribution in [1.29, 1.82) is 0 Å². The van der Waals surface area contributed by atoms with Crippen LogP contribution in [0.5, 0.6) is 0 Å². The molecule has 4 aromatic rings. The number of carbonyl (C=O) groups is 2. The summed E-state index contributed by atoms with van der Waals surface area (Å²) in [5, 5.41) is 2.93. The smallest absolute Gasteiger partial charge is 0.221 e. The number of nitrogens with zero attached hydrogens (tertiary/aromatic N) is 3. The molecule has 1 amide bonds. The summed E-state index contributed by atoms with van der Waals surface area (Å²) in [7, 11) is 4.09. The van der Waals surface area contributed by atoms with Crippen LogP contribution < -0.4 is 5.32 Å². The lowest BCUT2D eigenvalue weighted by Gasteiger charge is -2.16. The Labute approximate surface area is 187 Å². The minimum atomic E-state index is -0.152. The third-order valence-corrected chi connectivity index (χ3v) is 5.32. The van der Waals surface area contributed by atoms with Gasteiger partial charge >= 0.3 is 0 Å². The zero-order valence-corrected chi connectivity index (χ0v) is 18.7. The number of anilines is 1. The predicted molar refractivity (Wildman–Crippen MR) is 128 cm³/mol. The van der Waals surface area contributed by atoms with E-state index in [1.165, 1.54) is 12.5 Å². The molecule has 0 saturated carbocycles. The molecule has 0 aliphatic rings. The van der Waals surface area contributed by atoms with E-state index in [0.717, 1.165) is 28.9 Å². The van der Waals surface area contributed by atoms with Crippen LogP contribution in [0.25, 0.3) is 28.0 Å². The Morgan fingerprint density at radius 3 is 2.38 bits per heavy atom. The van der Waals surface area contributed by atoms with E-state index in [-0.39, 0.29) is 11.7 Å². The number of rotatable bonds is 6. The maximum Gasteiger partial charge on any atom is 0.221 e. The van der Waals surface area contributed by atoms with Crippen molar-refractivity contribution in [3.8, 4) is 22.4 Å². The Kier molecular flexibility index (Phi) is 5.88. The lowest BCUT2D eigenvalue weighted by molar-refractivity contribution is -0.114. The van der Waals surface area contributed by atoms with Gasteiger partial charge in [-0.05, 0) is 38.2 Å². The van der Waals surface area contributed by atoms with Gasteiger partial charge in [-0.1, -0.05) is 48.5 Å². The van der Waals surface area contributed by atoms with Gasteiger partial charge in [0.15, 0.2) is 11.4 Å². The first-order chi connectivity index (χ1) is 15.3. The van der Waals surface area contributed by atoms with Gasteiger partial charge in [0.2, 0.25) is 5.91 Å². The molecule has 32 heavy (non-hydrogen) atoms. The molecule has 0 radical (unpaired) electrons. The van der Waals surface area contributed by atoms with Gasteiger partial charge in [-0.25, -0.2) is 4.98 Å². The number of fused-ring (bicyclic) bond motifs is 1. The van der Waals surface area contributed by atoms with Crippen LogP contribution in [-0.2, 0) is 11.3 Å². The molecular formula is C26H26N4O2. The second-order valence-electron chi connectivity index (χ2n) is 8.19. The maximum atomic E-state index is 11.9. The van der Waals surface area contributed by atoms with Crippen molar-refractivity contribution in [3.05, 3.63) is 78.1 Å². The average Bonchev–Trinajstić information content (AvgIpc) is 3.17. The van der Waals surface area contributed by atoms with Crippen LogP contribution in [0.15, 0.2) is 67.0 Å². The van der Waals surface area contributed by atoms with Crippen LogP contribution in [0.1, 0.15) is 29.8 Å². The van der Waals surface area contributed by atoms with Gasteiger partial charge in [-0.2, -0.15) is 0 Å². The van der Waals surface area contributed by atoms with Gasteiger partial charge in [0.05, 0.1) is 17.6 Å². The molecule has 0 aliphatic carbocycles. The monoisotopic (exact) mass is 426 g/mol. The Hall–Kier alpha value is -3.77. The molecule has 6 heteroatoms. The third kappa shape index (κ3) is 4.31. The van der Waals surface area contributed by atoms with Crippen LogP contribution >= 0.6 is 0 Å². The molecule has 0 atom stereocenters. The average molecular weight is 427 g/mol. The Balaban J connectivity index is 1.91. The minimum absolute atomic E-state index is 0.0300. The lowest BCUT2D eigenvalue weighted by atomic mass is 10.00. The Morgan fingerprint density at radius 1 is 1.00 bits per heavy atom. The molecule has 2 heterocycles. The van der Waals surface area contributed by atoms with Gasteiger partial charge in [0, 0.05) is 36.4 Å². The van der Waals surface area contributed by atoms with E-state index in [9.17, 15) is 9.59 Å². The number of nitrogens with one attached hydrogen (secondary N) is 1. The van der Waals surface area contributed by atoms with Gasteiger partial charge in [0.1, 0.15) is 0 Å². The molecule has 2 aromatic heterocycles. The summed E-state index contributed by atoms with van der Waals surface area (Å²) in [6.45, 7) is 3.85. The fraction of sp³-hybridized carbons (Fsp3) is 0.192. The van der Waals surface area contributed by atoms with Crippen LogP contribution in [0.2, 0.25) is 0 Å². The van der Waals surface area contributed by atoms with E-state index >= 15 is 0 Å². The molecule has 0 aliphatic heterocycles. The molecule has 0 bridgehead atoms. The highest BCUT2D eigenvalue weighted by Gasteiger charge is 2.15. The first-order valence-electron chi connectivity index (χ1n) is 10.5. The highest BCUT2D eigenvalue weighted by molar-refractivity contribution is 5.95. The van der Waals surface area contributed by atoms with Crippen LogP contribution in [0.3, 0.4) is 0 Å².